The molecule has 0 unspecified atom stereocenters. The van der Waals surface area contributed by atoms with Crippen molar-refractivity contribution in [2.24, 2.45) is 0 Å². The fraction of sp³-hybridized carbons (Fsp3) is 0.471. The Morgan fingerprint density at radius 3 is 2.29 bits per heavy atom. The molecule has 0 saturated carbocycles. The maximum atomic E-state index is 12.1. The number of carbonyl (C=O) groups is 3. The number of hydrogen-bond acceptors (Lipinski definition) is 4. The molecule has 1 saturated heterocycles. The molecule has 1 heterocycles. The van der Waals surface area contributed by atoms with Gasteiger partial charge in [0, 0.05) is 32.7 Å². The predicted octanol–water partition coefficient (Wildman–Crippen LogP) is 0.646. The van der Waals surface area contributed by atoms with Crippen LogP contribution in [0.2, 0.25) is 0 Å². The number of benzene rings is 1. The van der Waals surface area contributed by atoms with E-state index in [1.807, 2.05) is 30.3 Å². The molecule has 0 aromatic heterocycles. The monoisotopic (exact) mass is 333 g/mol. The van der Waals surface area contributed by atoms with Gasteiger partial charge < -0.3 is 19.9 Å². The van der Waals surface area contributed by atoms with E-state index in [4.69, 9.17) is 4.74 Å². The zero-order chi connectivity index (χ0) is 17.4. The van der Waals surface area contributed by atoms with Crippen molar-refractivity contribution in [3.63, 3.8) is 0 Å². The van der Waals surface area contributed by atoms with Gasteiger partial charge in [-0.15, -0.1) is 0 Å². The molecule has 130 valence electrons. The van der Waals surface area contributed by atoms with E-state index < -0.39 is 11.8 Å². The van der Waals surface area contributed by atoms with Crippen molar-refractivity contribution >= 4 is 17.9 Å². The molecule has 3 amide bonds. The van der Waals surface area contributed by atoms with E-state index in [1.54, 1.807) is 11.8 Å². The molecule has 0 spiro atoms. The first kappa shape index (κ1) is 17.8. The second kappa shape index (κ2) is 8.90. The summed E-state index contributed by atoms with van der Waals surface area (Å²) in [7, 11) is 0. The van der Waals surface area contributed by atoms with Gasteiger partial charge in [-0.05, 0) is 18.9 Å². The molecule has 1 aromatic carbocycles. The van der Waals surface area contributed by atoms with Gasteiger partial charge >= 0.3 is 17.9 Å². The lowest BCUT2D eigenvalue weighted by molar-refractivity contribution is -0.146. The third kappa shape index (κ3) is 4.97. The summed E-state index contributed by atoms with van der Waals surface area (Å²) >= 11 is 0. The smallest absolute Gasteiger partial charge is 0.409 e. The van der Waals surface area contributed by atoms with Crippen molar-refractivity contribution in [1.82, 2.24) is 15.1 Å². The maximum Gasteiger partial charge on any atom is 0.409 e. The van der Waals surface area contributed by atoms with Gasteiger partial charge in [0.25, 0.3) is 0 Å². The van der Waals surface area contributed by atoms with Crippen LogP contribution >= 0.6 is 0 Å². The molecule has 7 nitrogen and oxygen atoms in total. The van der Waals surface area contributed by atoms with E-state index >= 15 is 0 Å². The third-order valence-electron chi connectivity index (χ3n) is 3.83. The second-order valence-corrected chi connectivity index (χ2v) is 5.47. The number of hydrogen-bond donors (Lipinski definition) is 1. The van der Waals surface area contributed by atoms with Crippen LogP contribution in [0.25, 0.3) is 0 Å². The first-order valence-corrected chi connectivity index (χ1v) is 8.14. The Bertz CT molecular complexity index is 568. The summed E-state index contributed by atoms with van der Waals surface area (Å²) in [6.45, 7) is 3.91. The fourth-order valence-electron chi connectivity index (χ4n) is 2.49. The van der Waals surface area contributed by atoms with Crippen LogP contribution in [0.5, 0.6) is 0 Å². The fourth-order valence-corrected chi connectivity index (χ4v) is 2.49. The zero-order valence-corrected chi connectivity index (χ0v) is 13.9. The van der Waals surface area contributed by atoms with E-state index in [2.05, 4.69) is 5.32 Å². The van der Waals surface area contributed by atoms with Crippen molar-refractivity contribution in [2.45, 2.75) is 13.3 Å². The number of nitrogens with one attached hydrogen (secondary N) is 1. The molecule has 1 aliphatic heterocycles. The Labute approximate surface area is 141 Å². The molecule has 1 aliphatic rings. The minimum Gasteiger partial charge on any atom is -0.450 e. The standard InChI is InChI=1S/C17H23N3O4/c1-2-24-17(23)20-12-10-19(11-13-20)16(22)15(21)18-9-8-14-6-4-3-5-7-14/h3-7H,2,8-13H2,1H3,(H,18,21). The molecule has 0 radical (unpaired) electrons. The van der Waals surface area contributed by atoms with Crippen LogP contribution in [0.3, 0.4) is 0 Å². The van der Waals surface area contributed by atoms with Crippen molar-refractivity contribution in [2.75, 3.05) is 39.3 Å². The minimum absolute atomic E-state index is 0.321. The summed E-state index contributed by atoms with van der Waals surface area (Å²) in [5, 5.41) is 2.65. The quantitative estimate of drug-likeness (QED) is 0.821. The summed E-state index contributed by atoms with van der Waals surface area (Å²) in [5.74, 6) is -1.15. The molecule has 1 aromatic rings. The minimum atomic E-state index is -0.601. The summed E-state index contributed by atoms with van der Waals surface area (Å²) in [4.78, 5) is 38.7. The highest BCUT2D eigenvalue weighted by Crippen LogP contribution is 2.04. The van der Waals surface area contributed by atoms with Gasteiger partial charge in [-0.2, -0.15) is 0 Å². The van der Waals surface area contributed by atoms with Crippen LogP contribution in [-0.4, -0.2) is 67.0 Å². The lowest BCUT2D eigenvalue weighted by atomic mass is 10.1. The maximum absolute atomic E-state index is 12.1. The van der Waals surface area contributed by atoms with E-state index in [-0.39, 0.29) is 6.09 Å². The Morgan fingerprint density at radius 1 is 1.04 bits per heavy atom. The number of nitrogens with zero attached hydrogens (tertiary/aromatic N) is 2. The number of amides is 3. The van der Waals surface area contributed by atoms with Crippen LogP contribution in [0, 0.1) is 0 Å². The zero-order valence-electron chi connectivity index (χ0n) is 13.9. The molecule has 0 bridgehead atoms. The molecular weight excluding hydrogens is 310 g/mol. The van der Waals surface area contributed by atoms with E-state index in [9.17, 15) is 14.4 Å². The Morgan fingerprint density at radius 2 is 1.67 bits per heavy atom. The van der Waals surface area contributed by atoms with Crippen LogP contribution < -0.4 is 5.32 Å². The molecule has 24 heavy (non-hydrogen) atoms. The lowest BCUT2D eigenvalue weighted by Crippen LogP contribution is -2.54. The van der Waals surface area contributed by atoms with Gasteiger partial charge in [-0.1, -0.05) is 30.3 Å². The lowest BCUT2D eigenvalue weighted by Gasteiger charge is -2.33. The SMILES string of the molecule is CCOC(=O)N1CCN(C(=O)C(=O)NCCc2ccccc2)CC1. The van der Waals surface area contributed by atoms with E-state index in [0.29, 0.717) is 45.8 Å². The summed E-state index contributed by atoms with van der Waals surface area (Å²) in [6.07, 6.45) is 0.299. The van der Waals surface area contributed by atoms with Gasteiger partial charge in [-0.3, -0.25) is 9.59 Å². The number of ether oxygens (including phenoxy) is 1. The van der Waals surface area contributed by atoms with Gasteiger partial charge in [0.2, 0.25) is 0 Å². The first-order chi connectivity index (χ1) is 11.6. The molecule has 2 rings (SSSR count). The molecule has 1 N–H and O–H groups in total. The van der Waals surface area contributed by atoms with Gasteiger partial charge in [0.15, 0.2) is 0 Å². The number of carbonyl (C=O) groups excluding carboxylic acids is 3. The highest BCUT2D eigenvalue weighted by Gasteiger charge is 2.28. The van der Waals surface area contributed by atoms with Gasteiger partial charge in [0.05, 0.1) is 6.61 Å². The van der Waals surface area contributed by atoms with E-state index in [0.717, 1.165) is 5.56 Å². The Hall–Kier alpha value is -2.57. The van der Waals surface area contributed by atoms with Crippen molar-refractivity contribution in [3.8, 4) is 0 Å². The summed E-state index contributed by atoms with van der Waals surface area (Å²) < 4.78 is 4.92. The molecule has 1 fully saturated rings. The predicted molar refractivity (Wildman–Crippen MR) is 88.3 cm³/mol. The first-order valence-electron chi connectivity index (χ1n) is 8.14. The van der Waals surface area contributed by atoms with Crippen molar-refractivity contribution in [3.05, 3.63) is 35.9 Å². The van der Waals surface area contributed by atoms with Crippen LogP contribution in [-0.2, 0) is 20.7 Å². The Balaban J connectivity index is 1.72. The average molecular weight is 333 g/mol. The van der Waals surface area contributed by atoms with Crippen molar-refractivity contribution < 1.29 is 19.1 Å². The largest absolute Gasteiger partial charge is 0.450 e. The topological polar surface area (TPSA) is 79.0 Å². The third-order valence-corrected chi connectivity index (χ3v) is 3.83. The average Bonchev–Trinajstić information content (AvgIpc) is 2.62. The van der Waals surface area contributed by atoms with Crippen LogP contribution in [0.15, 0.2) is 30.3 Å². The van der Waals surface area contributed by atoms with Gasteiger partial charge in [0.1, 0.15) is 0 Å². The molecule has 7 heteroatoms. The van der Waals surface area contributed by atoms with Gasteiger partial charge in [-0.25, -0.2) is 4.79 Å². The number of piperazine rings is 1. The second-order valence-electron chi connectivity index (χ2n) is 5.47. The highest BCUT2D eigenvalue weighted by atomic mass is 16.6. The Kier molecular flexibility index (Phi) is 6.60. The normalized spacial score (nSPS) is 14.2. The van der Waals surface area contributed by atoms with Crippen LogP contribution in [0.1, 0.15) is 12.5 Å². The van der Waals surface area contributed by atoms with Crippen molar-refractivity contribution in [1.29, 1.82) is 0 Å². The highest BCUT2D eigenvalue weighted by molar-refractivity contribution is 6.35. The molecule has 0 atom stereocenters. The van der Waals surface area contributed by atoms with Crippen LogP contribution in [0.4, 0.5) is 4.79 Å². The molecule has 0 aliphatic carbocycles. The molecular formula is C17H23N3O4. The summed E-state index contributed by atoms with van der Waals surface area (Å²) in [6, 6.07) is 9.75. The number of rotatable bonds is 4. The summed E-state index contributed by atoms with van der Waals surface area (Å²) in [5.41, 5.74) is 1.10. The van der Waals surface area contributed by atoms with E-state index in [1.165, 1.54) is 4.90 Å².